The van der Waals surface area contributed by atoms with Crippen molar-refractivity contribution in [2.24, 2.45) is 0 Å². The second-order valence-electron chi connectivity index (χ2n) is 6.41. The Bertz CT molecular complexity index is 1160. The summed E-state index contributed by atoms with van der Waals surface area (Å²) in [7, 11) is -0.687. The first-order valence-corrected chi connectivity index (χ1v) is 10.4. The molecule has 0 saturated carbocycles. The zero-order valence-corrected chi connectivity index (χ0v) is 17.7. The number of hydrogen-bond acceptors (Lipinski definition) is 6. The molecular formula is C19H24N4O6S. The minimum Gasteiger partial charge on any atom is -0.492 e. The van der Waals surface area contributed by atoms with Gasteiger partial charge < -0.3 is 4.74 Å². The van der Waals surface area contributed by atoms with E-state index < -0.39 is 27.1 Å². The van der Waals surface area contributed by atoms with Gasteiger partial charge in [-0.3, -0.25) is 0 Å². The molecule has 0 fully saturated rings. The van der Waals surface area contributed by atoms with Gasteiger partial charge in [0.15, 0.2) is 0 Å². The van der Waals surface area contributed by atoms with E-state index in [1.807, 2.05) is 0 Å². The van der Waals surface area contributed by atoms with Crippen LogP contribution in [0.5, 0.6) is 5.75 Å². The molecule has 2 aromatic rings. The third-order valence-corrected chi connectivity index (χ3v) is 6.02. The SMILES string of the molecule is C=CCn1c(=O)n(CC=C)c(=O)n(CCOc2ccc(S(=O)(=O)N(C)C)cc2)c1=O. The van der Waals surface area contributed by atoms with Gasteiger partial charge in [0.1, 0.15) is 12.4 Å². The first-order valence-electron chi connectivity index (χ1n) is 8.96. The average Bonchev–Trinajstić information content (AvgIpc) is 2.71. The van der Waals surface area contributed by atoms with Crippen molar-refractivity contribution in [1.29, 1.82) is 0 Å². The minimum absolute atomic E-state index is 0.0439. The topological polar surface area (TPSA) is 113 Å². The van der Waals surface area contributed by atoms with E-state index in [1.54, 1.807) is 0 Å². The van der Waals surface area contributed by atoms with Crippen molar-refractivity contribution >= 4 is 10.0 Å². The summed E-state index contributed by atoms with van der Waals surface area (Å²) in [6.07, 6.45) is 2.77. The Hall–Kier alpha value is -3.18. The lowest BCUT2D eigenvalue weighted by atomic mass is 10.3. The molecule has 0 aliphatic heterocycles. The lowest BCUT2D eigenvalue weighted by molar-refractivity contribution is 0.286. The van der Waals surface area contributed by atoms with Gasteiger partial charge in [0.05, 0.1) is 24.5 Å². The summed E-state index contributed by atoms with van der Waals surface area (Å²) < 4.78 is 33.5. The van der Waals surface area contributed by atoms with Gasteiger partial charge in [-0.1, -0.05) is 12.2 Å². The predicted octanol–water partition coefficient (Wildman–Crippen LogP) is -0.127. The highest BCUT2D eigenvalue weighted by molar-refractivity contribution is 7.89. The number of rotatable bonds is 10. The first-order chi connectivity index (χ1) is 14.1. The predicted molar refractivity (Wildman–Crippen MR) is 112 cm³/mol. The fourth-order valence-corrected chi connectivity index (χ4v) is 3.52. The maximum atomic E-state index is 12.5. The van der Waals surface area contributed by atoms with Gasteiger partial charge in [0.2, 0.25) is 10.0 Å². The van der Waals surface area contributed by atoms with Crippen LogP contribution >= 0.6 is 0 Å². The Morgan fingerprint density at radius 2 is 1.37 bits per heavy atom. The molecule has 0 aliphatic rings. The van der Waals surface area contributed by atoms with Crippen LogP contribution < -0.4 is 21.8 Å². The fraction of sp³-hybridized carbons (Fsp3) is 0.316. The van der Waals surface area contributed by atoms with E-state index in [2.05, 4.69) is 13.2 Å². The van der Waals surface area contributed by atoms with Crippen LogP contribution in [-0.2, 0) is 29.7 Å². The Balaban J connectivity index is 2.25. The van der Waals surface area contributed by atoms with Crippen LogP contribution in [0.1, 0.15) is 0 Å². The summed E-state index contributed by atoms with van der Waals surface area (Å²) in [5.74, 6) is 0.367. The summed E-state index contributed by atoms with van der Waals surface area (Å²) in [5.41, 5.74) is -2.26. The minimum atomic E-state index is -3.55. The van der Waals surface area contributed by atoms with E-state index in [9.17, 15) is 22.8 Å². The Kier molecular flexibility index (Phi) is 7.35. The zero-order chi connectivity index (χ0) is 22.5. The summed E-state index contributed by atoms with van der Waals surface area (Å²) in [5, 5.41) is 0. The van der Waals surface area contributed by atoms with Crippen LogP contribution in [0.15, 0.2) is 68.9 Å². The van der Waals surface area contributed by atoms with E-state index in [-0.39, 0.29) is 31.1 Å². The normalized spacial score (nSPS) is 11.4. The molecule has 10 nitrogen and oxygen atoms in total. The van der Waals surface area contributed by atoms with Crippen molar-refractivity contribution in [1.82, 2.24) is 18.0 Å². The van der Waals surface area contributed by atoms with Crippen LogP contribution in [0.3, 0.4) is 0 Å². The number of hydrogen-bond donors (Lipinski definition) is 0. The molecule has 0 unspecified atom stereocenters. The maximum Gasteiger partial charge on any atom is 0.336 e. The third kappa shape index (κ3) is 4.69. The standard InChI is InChI=1S/C19H24N4O6S/c1-5-11-21-17(24)22(12-6-2)19(26)23(18(21)25)13-14-29-15-7-9-16(10-8-15)30(27,28)20(3)4/h5-10H,1-2,11-14H2,3-4H3. The maximum absolute atomic E-state index is 12.5. The van der Waals surface area contributed by atoms with Crippen LogP contribution in [0.25, 0.3) is 0 Å². The number of benzene rings is 1. The summed E-state index contributed by atoms with van der Waals surface area (Å²) >= 11 is 0. The van der Waals surface area contributed by atoms with Crippen molar-refractivity contribution in [3.05, 3.63) is 81.0 Å². The molecule has 0 aliphatic carbocycles. The van der Waals surface area contributed by atoms with Gasteiger partial charge in [0, 0.05) is 14.1 Å². The molecule has 0 saturated heterocycles. The molecule has 0 spiro atoms. The molecular weight excluding hydrogens is 412 g/mol. The highest BCUT2D eigenvalue weighted by atomic mass is 32.2. The van der Waals surface area contributed by atoms with Gasteiger partial charge in [-0.2, -0.15) is 0 Å². The van der Waals surface area contributed by atoms with Crippen LogP contribution in [0.2, 0.25) is 0 Å². The van der Waals surface area contributed by atoms with E-state index >= 15 is 0 Å². The van der Waals surface area contributed by atoms with Gasteiger partial charge in [-0.15, -0.1) is 13.2 Å². The lowest BCUT2D eigenvalue weighted by Gasteiger charge is -2.13. The van der Waals surface area contributed by atoms with Crippen LogP contribution in [0, 0.1) is 0 Å². The molecule has 0 radical (unpaired) electrons. The van der Waals surface area contributed by atoms with Gasteiger partial charge in [0.25, 0.3) is 0 Å². The van der Waals surface area contributed by atoms with Gasteiger partial charge in [-0.25, -0.2) is 40.8 Å². The number of ether oxygens (including phenoxy) is 1. The highest BCUT2D eigenvalue weighted by Crippen LogP contribution is 2.17. The Labute approximate surface area is 173 Å². The van der Waals surface area contributed by atoms with Crippen molar-refractivity contribution < 1.29 is 13.2 Å². The monoisotopic (exact) mass is 436 g/mol. The zero-order valence-electron chi connectivity index (χ0n) is 16.9. The lowest BCUT2D eigenvalue weighted by Crippen LogP contribution is -2.54. The summed E-state index contributed by atoms with van der Waals surface area (Å²) in [4.78, 5) is 37.5. The average molecular weight is 436 g/mol. The third-order valence-electron chi connectivity index (χ3n) is 4.19. The number of aromatic nitrogens is 3. The molecule has 2 rings (SSSR count). The van der Waals surface area contributed by atoms with E-state index in [0.29, 0.717) is 5.75 Å². The largest absolute Gasteiger partial charge is 0.492 e. The molecule has 1 aromatic heterocycles. The van der Waals surface area contributed by atoms with Gasteiger partial charge in [-0.05, 0) is 24.3 Å². The van der Waals surface area contributed by atoms with Crippen molar-refractivity contribution in [2.75, 3.05) is 20.7 Å². The Morgan fingerprint density at radius 1 is 0.900 bits per heavy atom. The first kappa shape index (κ1) is 23.1. The summed E-state index contributed by atoms with van der Waals surface area (Å²) in [6.45, 7) is 6.79. The highest BCUT2D eigenvalue weighted by Gasteiger charge is 2.17. The van der Waals surface area contributed by atoms with Crippen LogP contribution in [-0.4, -0.2) is 47.1 Å². The molecule has 30 heavy (non-hydrogen) atoms. The van der Waals surface area contributed by atoms with E-state index in [4.69, 9.17) is 4.74 Å². The van der Waals surface area contributed by atoms with E-state index in [1.165, 1.54) is 50.5 Å². The Morgan fingerprint density at radius 3 is 1.80 bits per heavy atom. The number of allylic oxidation sites excluding steroid dienone is 2. The van der Waals surface area contributed by atoms with Crippen molar-refractivity contribution in [3.63, 3.8) is 0 Å². The summed E-state index contributed by atoms with van der Waals surface area (Å²) in [6, 6.07) is 5.76. The van der Waals surface area contributed by atoms with Crippen molar-refractivity contribution in [2.45, 2.75) is 24.5 Å². The quantitative estimate of drug-likeness (QED) is 0.480. The molecule has 11 heteroatoms. The van der Waals surface area contributed by atoms with E-state index in [0.717, 1.165) is 18.0 Å². The number of sulfonamides is 1. The fourth-order valence-electron chi connectivity index (χ4n) is 2.62. The molecule has 1 heterocycles. The van der Waals surface area contributed by atoms with Crippen molar-refractivity contribution in [3.8, 4) is 5.75 Å². The molecule has 1 aromatic carbocycles. The molecule has 0 amide bonds. The molecule has 0 bridgehead atoms. The second-order valence-corrected chi connectivity index (χ2v) is 8.56. The number of nitrogens with zero attached hydrogens (tertiary/aromatic N) is 4. The van der Waals surface area contributed by atoms with Crippen LogP contribution in [0.4, 0.5) is 0 Å². The smallest absolute Gasteiger partial charge is 0.336 e. The van der Waals surface area contributed by atoms with Gasteiger partial charge >= 0.3 is 17.1 Å². The molecule has 0 N–H and O–H groups in total. The second kappa shape index (κ2) is 9.55. The molecule has 162 valence electrons. The molecule has 0 atom stereocenters.